The number of benzene rings is 2. The summed E-state index contributed by atoms with van der Waals surface area (Å²) in [6.45, 7) is 1.29. The molecule has 7 nitrogen and oxygen atoms in total. The van der Waals surface area contributed by atoms with Gasteiger partial charge in [0.25, 0.3) is 0 Å². The Morgan fingerprint density at radius 3 is 2.24 bits per heavy atom. The van der Waals surface area contributed by atoms with Crippen LogP contribution >= 0.6 is 17.0 Å². The Hall–Kier alpha value is -1.46. The Morgan fingerprint density at radius 2 is 1.69 bits per heavy atom. The molecule has 0 fully saturated rings. The van der Waals surface area contributed by atoms with Crippen LogP contribution in [0.4, 0.5) is 0 Å². The van der Waals surface area contributed by atoms with E-state index in [9.17, 15) is 21.9 Å². The number of phenolic OH excluding ortho intramolecular Hbond substituents is 1. The lowest BCUT2D eigenvalue weighted by Crippen LogP contribution is -2.23. The van der Waals surface area contributed by atoms with E-state index in [-0.39, 0.29) is 38.4 Å². The van der Waals surface area contributed by atoms with Gasteiger partial charge >= 0.3 is 0 Å². The minimum absolute atomic E-state index is 0. The highest BCUT2D eigenvalue weighted by atomic mass is 79.9. The molecule has 1 heterocycles. The molecule has 2 aromatic rings. The zero-order chi connectivity index (χ0) is 20.7. The van der Waals surface area contributed by atoms with Crippen molar-refractivity contribution in [3.05, 3.63) is 53.1 Å². The van der Waals surface area contributed by atoms with E-state index in [1.807, 2.05) is 0 Å². The second kappa shape index (κ2) is 8.73. The van der Waals surface area contributed by atoms with Crippen LogP contribution in [0.5, 0.6) is 5.75 Å². The second-order valence-corrected chi connectivity index (χ2v) is 11.3. The summed E-state index contributed by atoms with van der Waals surface area (Å²) >= 11 is 0. The van der Waals surface area contributed by atoms with Crippen molar-refractivity contribution in [2.45, 2.75) is 22.1 Å². The van der Waals surface area contributed by atoms with E-state index in [1.54, 1.807) is 30.3 Å². The summed E-state index contributed by atoms with van der Waals surface area (Å²) in [6.07, 6.45) is 1.71. The largest absolute Gasteiger partial charge is 0.507 e. The van der Waals surface area contributed by atoms with Crippen molar-refractivity contribution in [3.8, 4) is 5.75 Å². The number of fused-ring (bicyclic) bond motifs is 1. The summed E-state index contributed by atoms with van der Waals surface area (Å²) in [4.78, 5) is 0.137. The van der Waals surface area contributed by atoms with Crippen LogP contribution in [0, 0.1) is 0 Å². The predicted octanol–water partition coefficient (Wildman–Crippen LogP) is 1.90. The third kappa shape index (κ3) is 4.83. The van der Waals surface area contributed by atoms with Crippen LogP contribution in [0.2, 0.25) is 0 Å². The molecule has 0 bridgehead atoms. The average Bonchev–Trinajstić information content (AvgIpc) is 2.82. The van der Waals surface area contributed by atoms with Gasteiger partial charge in [-0.3, -0.25) is 0 Å². The molecule has 0 saturated carbocycles. The summed E-state index contributed by atoms with van der Waals surface area (Å²) in [5, 5.41) is 13.6. The Balaban J connectivity index is 0.00000300. The van der Waals surface area contributed by atoms with Gasteiger partial charge in [0.1, 0.15) is 10.6 Å². The molecule has 1 unspecified atom stereocenters. The zero-order valence-corrected chi connectivity index (χ0v) is 19.8. The number of aromatic hydroxyl groups is 1. The fourth-order valence-electron chi connectivity index (χ4n) is 3.42. The molecule has 2 aromatic carbocycles. The molecule has 2 N–H and O–H groups in total. The first kappa shape index (κ1) is 23.8. The number of hydrogen-bond acceptors (Lipinski definition) is 6. The van der Waals surface area contributed by atoms with Gasteiger partial charge in [-0.15, -0.1) is 17.0 Å². The molecule has 0 saturated heterocycles. The van der Waals surface area contributed by atoms with Crippen molar-refractivity contribution >= 4 is 36.8 Å². The lowest BCUT2D eigenvalue weighted by atomic mass is 9.88. The van der Waals surface area contributed by atoms with E-state index in [2.05, 4.69) is 5.32 Å². The van der Waals surface area contributed by atoms with Crippen molar-refractivity contribution in [1.29, 1.82) is 0 Å². The Kier molecular flexibility index (Phi) is 7.17. The highest BCUT2D eigenvalue weighted by molar-refractivity contribution is 8.93. The quantitative estimate of drug-likeness (QED) is 0.658. The maximum Gasteiger partial charge on any atom is 0.242 e. The lowest BCUT2D eigenvalue weighted by Gasteiger charge is -2.20. The van der Waals surface area contributed by atoms with Crippen molar-refractivity contribution in [3.63, 3.8) is 0 Å². The SMILES string of the molecule is Br.CN(C)S(=O)(=O)c1ccc(C2CNCCc3cc(S(C)(=O)=O)c(O)cc32)cc1. The minimum atomic E-state index is -3.53. The molecule has 0 aromatic heterocycles. The maximum atomic E-state index is 12.3. The Labute approximate surface area is 182 Å². The summed E-state index contributed by atoms with van der Waals surface area (Å²) < 4.78 is 49.6. The van der Waals surface area contributed by atoms with E-state index < -0.39 is 19.9 Å². The molecule has 3 rings (SSSR count). The molecule has 160 valence electrons. The van der Waals surface area contributed by atoms with Crippen LogP contribution in [-0.4, -0.2) is 59.7 Å². The predicted molar refractivity (Wildman–Crippen MR) is 117 cm³/mol. The zero-order valence-electron chi connectivity index (χ0n) is 16.4. The highest BCUT2D eigenvalue weighted by Gasteiger charge is 2.25. The van der Waals surface area contributed by atoms with Gasteiger partial charge in [0, 0.05) is 32.8 Å². The number of sulfonamides is 1. The molecule has 0 amide bonds. The fraction of sp³-hybridized carbons (Fsp3) is 0.368. The number of nitrogens with one attached hydrogen (secondary N) is 1. The number of halogens is 1. The van der Waals surface area contributed by atoms with Gasteiger partial charge in [-0.1, -0.05) is 12.1 Å². The molecule has 0 aliphatic carbocycles. The normalized spacial score (nSPS) is 17.3. The van der Waals surface area contributed by atoms with E-state index in [1.165, 1.54) is 20.2 Å². The summed E-state index contributed by atoms with van der Waals surface area (Å²) in [5.74, 6) is -0.395. The maximum absolute atomic E-state index is 12.3. The standard InChI is InChI=1S/C19H24N2O5S2.BrH/c1-21(2)28(25,26)15-6-4-13(5-7-15)17-12-20-9-8-14-10-19(27(3,23)24)18(22)11-16(14)17;/h4-7,10-11,17,20,22H,8-9,12H2,1-3H3;1H. The van der Waals surface area contributed by atoms with Gasteiger partial charge in [-0.2, -0.15) is 0 Å². The summed E-state index contributed by atoms with van der Waals surface area (Å²) in [5.41, 5.74) is 2.59. The Bertz CT molecular complexity index is 1100. The number of phenols is 1. The van der Waals surface area contributed by atoms with Crippen molar-refractivity contribution in [1.82, 2.24) is 9.62 Å². The fourth-order valence-corrected chi connectivity index (χ4v) is 5.12. The van der Waals surface area contributed by atoms with Crippen LogP contribution in [0.3, 0.4) is 0 Å². The van der Waals surface area contributed by atoms with Crippen LogP contribution in [0.15, 0.2) is 46.2 Å². The topological polar surface area (TPSA) is 104 Å². The monoisotopic (exact) mass is 504 g/mol. The van der Waals surface area contributed by atoms with Crippen LogP contribution in [-0.2, 0) is 26.3 Å². The van der Waals surface area contributed by atoms with Crippen LogP contribution in [0.1, 0.15) is 22.6 Å². The number of rotatable bonds is 4. The number of sulfone groups is 1. The number of nitrogens with zero attached hydrogens (tertiary/aromatic N) is 1. The van der Waals surface area contributed by atoms with E-state index in [4.69, 9.17) is 0 Å². The third-order valence-electron chi connectivity index (χ3n) is 4.98. The third-order valence-corrected chi connectivity index (χ3v) is 7.93. The van der Waals surface area contributed by atoms with Crippen molar-refractivity contribution in [2.75, 3.05) is 33.4 Å². The molecular formula is C19H25BrN2O5S2. The van der Waals surface area contributed by atoms with E-state index in [0.717, 1.165) is 27.3 Å². The molecule has 0 spiro atoms. The van der Waals surface area contributed by atoms with Crippen molar-refractivity contribution in [2.24, 2.45) is 0 Å². The molecule has 1 aliphatic heterocycles. The molecule has 29 heavy (non-hydrogen) atoms. The minimum Gasteiger partial charge on any atom is -0.507 e. The lowest BCUT2D eigenvalue weighted by molar-refractivity contribution is 0.457. The van der Waals surface area contributed by atoms with Gasteiger partial charge in [-0.25, -0.2) is 21.1 Å². The van der Waals surface area contributed by atoms with Gasteiger partial charge < -0.3 is 10.4 Å². The Morgan fingerprint density at radius 1 is 1.07 bits per heavy atom. The summed E-state index contributed by atoms with van der Waals surface area (Å²) in [6, 6.07) is 9.73. The molecular weight excluding hydrogens is 480 g/mol. The van der Waals surface area contributed by atoms with Gasteiger partial charge in [0.15, 0.2) is 9.84 Å². The first-order valence-corrected chi connectivity index (χ1v) is 12.1. The summed E-state index contributed by atoms with van der Waals surface area (Å²) in [7, 11) is -4.08. The van der Waals surface area contributed by atoms with Gasteiger partial charge in [0.05, 0.1) is 4.90 Å². The second-order valence-electron chi connectivity index (χ2n) is 7.15. The first-order chi connectivity index (χ1) is 13.0. The smallest absolute Gasteiger partial charge is 0.242 e. The van der Waals surface area contributed by atoms with Crippen LogP contribution < -0.4 is 5.32 Å². The van der Waals surface area contributed by atoms with E-state index in [0.29, 0.717) is 19.5 Å². The van der Waals surface area contributed by atoms with Crippen molar-refractivity contribution < 1.29 is 21.9 Å². The van der Waals surface area contributed by atoms with E-state index >= 15 is 0 Å². The van der Waals surface area contributed by atoms with Gasteiger partial charge in [0.2, 0.25) is 10.0 Å². The highest BCUT2D eigenvalue weighted by Crippen LogP contribution is 2.35. The molecule has 10 heteroatoms. The number of hydrogen-bond donors (Lipinski definition) is 2. The van der Waals surface area contributed by atoms with Crippen LogP contribution in [0.25, 0.3) is 0 Å². The molecule has 1 aliphatic rings. The first-order valence-electron chi connectivity index (χ1n) is 8.81. The average molecular weight is 505 g/mol. The molecule has 0 radical (unpaired) electrons. The van der Waals surface area contributed by atoms with Gasteiger partial charge in [-0.05, 0) is 53.9 Å². The molecule has 1 atom stereocenters.